The smallest absolute Gasteiger partial charge is 0.340 e. The van der Waals surface area contributed by atoms with Gasteiger partial charge in [-0.1, -0.05) is 12.1 Å². The van der Waals surface area contributed by atoms with Gasteiger partial charge in [0.15, 0.2) is 6.10 Å². The minimum Gasteiger partial charge on any atom is -0.495 e. The van der Waals surface area contributed by atoms with Gasteiger partial charge in [-0.15, -0.1) is 0 Å². The third-order valence-electron chi connectivity index (χ3n) is 4.32. The second kappa shape index (κ2) is 10.0. The van der Waals surface area contributed by atoms with Gasteiger partial charge in [-0.05, 0) is 55.5 Å². The van der Waals surface area contributed by atoms with Crippen molar-refractivity contribution in [3.63, 3.8) is 0 Å². The third-order valence-corrected chi connectivity index (χ3v) is 4.32. The van der Waals surface area contributed by atoms with Crippen LogP contribution in [0.25, 0.3) is 0 Å². The number of ether oxygens (including phenoxy) is 2. The number of anilines is 2. The van der Waals surface area contributed by atoms with Crippen molar-refractivity contribution in [2.75, 3.05) is 17.7 Å². The van der Waals surface area contributed by atoms with E-state index in [9.17, 15) is 14.4 Å². The molecule has 0 saturated heterocycles. The van der Waals surface area contributed by atoms with Crippen molar-refractivity contribution in [2.24, 2.45) is 0 Å². The summed E-state index contributed by atoms with van der Waals surface area (Å²) < 4.78 is 10.4. The summed E-state index contributed by atoms with van der Waals surface area (Å²) in [4.78, 5) is 40.7. The number of amides is 2. The number of carbonyl (C=O) groups excluding carboxylic acids is 3. The largest absolute Gasteiger partial charge is 0.495 e. The van der Waals surface area contributed by atoms with Crippen molar-refractivity contribution in [3.05, 3.63) is 84.2 Å². The third kappa shape index (κ3) is 5.66. The molecule has 158 valence electrons. The van der Waals surface area contributed by atoms with E-state index in [1.54, 1.807) is 60.7 Å². The van der Waals surface area contributed by atoms with Crippen LogP contribution in [-0.4, -0.2) is 36.0 Å². The summed E-state index contributed by atoms with van der Waals surface area (Å²) in [6, 6.07) is 16.6. The molecule has 0 saturated carbocycles. The number of aromatic nitrogens is 1. The van der Waals surface area contributed by atoms with Gasteiger partial charge in [0, 0.05) is 23.6 Å². The van der Waals surface area contributed by atoms with Gasteiger partial charge in [-0.25, -0.2) is 4.79 Å². The molecule has 31 heavy (non-hydrogen) atoms. The van der Waals surface area contributed by atoms with Crippen LogP contribution in [-0.2, 0) is 9.53 Å². The molecule has 0 radical (unpaired) electrons. The van der Waals surface area contributed by atoms with E-state index in [-0.39, 0.29) is 11.5 Å². The lowest BCUT2D eigenvalue weighted by Crippen LogP contribution is -2.30. The lowest BCUT2D eigenvalue weighted by molar-refractivity contribution is -0.123. The minimum atomic E-state index is -1.01. The molecule has 0 aliphatic rings. The molecule has 0 aliphatic heterocycles. The average Bonchev–Trinajstić information content (AvgIpc) is 2.80. The first kappa shape index (κ1) is 21.5. The summed E-state index contributed by atoms with van der Waals surface area (Å²) in [7, 11) is 1.53. The second-order valence-corrected chi connectivity index (χ2v) is 6.51. The Morgan fingerprint density at radius 1 is 0.903 bits per heavy atom. The summed E-state index contributed by atoms with van der Waals surface area (Å²) >= 11 is 0. The van der Waals surface area contributed by atoms with Gasteiger partial charge in [-0.3, -0.25) is 14.6 Å². The fraction of sp³-hybridized carbons (Fsp3) is 0.130. The van der Waals surface area contributed by atoms with Gasteiger partial charge < -0.3 is 20.1 Å². The lowest BCUT2D eigenvalue weighted by atomic mass is 10.2. The van der Waals surface area contributed by atoms with Crippen LogP contribution >= 0.6 is 0 Å². The Hall–Kier alpha value is -4.20. The number of pyridine rings is 1. The van der Waals surface area contributed by atoms with Gasteiger partial charge in [0.25, 0.3) is 11.8 Å². The van der Waals surface area contributed by atoms with Crippen LogP contribution in [0, 0.1) is 0 Å². The van der Waals surface area contributed by atoms with E-state index in [2.05, 4.69) is 15.6 Å². The maximum absolute atomic E-state index is 12.5. The van der Waals surface area contributed by atoms with E-state index in [0.29, 0.717) is 22.7 Å². The van der Waals surface area contributed by atoms with Gasteiger partial charge in [0.2, 0.25) is 0 Å². The maximum atomic E-state index is 12.5. The number of esters is 1. The van der Waals surface area contributed by atoms with E-state index < -0.39 is 18.0 Å². The molecule has 0 fully saturated rings. The average molecular weight is 419 g/mol. The SMILES string of the molecule is COc1ccccc1NC(=O)c1ccc(NC(=O)C(C)OC(=O)c2cccnc2)cc1. The molecule has 0 aliphatic carbocycles. The Kier molecular flexibility index (Phi) is 6.95. The summed E-state index contributed by atoms with van der Waals surface area (Å²) in [6.45, 7) is 1.47. The first-order valence-electron chi connectivity index (χ1n) is 9.44. The van der Waals surface area contributed by atoms with Gasteiger partial charge in [0.05, 0.1) is 18.4 Å². The van der Waals surface area contributed by atoms with E-state index in [1.165, 1.54) is 26.4 Å². The molecular formula is C23H21N3O5. The second-order valence-electron chi connectivity index (χ2n) is 6.51. The highest BCUT2D eigenvalue weighted by Gasteiger charge is 2.19. The minimum absolute atomic E-state index is 0.257. The number of benzene rings is 2. The zero-order chi connectivity index (χ0) is 22.2. The number of hydrogen-bond donors (Lipinski definition) is 2. The molecule has 1 heterocycles. The molecule has 1 unspecified atom stereocenters. The van der Waals surface area contributed by atoms with E-state index in [4.69, 9.17) is 9.47 Å². The molecule has 2 amide bonds. The van der Waals surface area contributed by atoms with Crippen LogP contribution in [0.2, 0.25) is 0 Å². The van der Waals surface area contributed by atoms with Crippen LogP contribution in [0.5, 0.6) is 5.75 Å². The molecule has 0 spiro atoms. The molecule has 0 bridgehead atoms. The number of nitrogens with zero attached hydrogens (tertiary/aromatic N) is 1. The van der Waals surface area contributed by atoms with Crippen LogP contribution in [0.3, 0.4) is 0 Å². The van der Waals surface area contributed by atoms with Crippen molar-refractivity contribution < 1.29 is 23.9 Å². The highest BCUT2D eigenvalue weighted by Crippen LogP contribution is 2.24. The van der Waals surface area contributed by atoms with E-state index >= 15 is 0 Å². The quantitative estimate of drug-likeness (QED) is 0.568. The first-order valence-corrected chi connectivity index (χ1v) is 9.44. The maximum Gasteiger partial charge on any atom is 0.340 e. The zero-order valence-electron chi connectivity index (χ0n) is 17.0. The van der Waals surface area contributed by atoms with E-state index in [0.717, 1.165) is 0 Å². The predicted molar refractivity (Wildman–Crippen MR) is 115 cm³/mol. The fourth-order valence-corrected chi connectivity index (χ4v) is 2.66. The van der Waals surface area contributed by atoms with E-state index in [1.807, 2.05) is 0 Å². The highest BCUT2D eigenvalue weighted by atomic mass is 16.5. The highest BCUT2D eigenvalue weighted by molar-refractivity contribution is 6.05. The number of para-hydroxylation sites is 2. The molecule has 1 aromatic heterocycles. The monoisotopic (exact) mass is 419 g/mol. The standard InChI is InChI=1S/C23H21N3O5/c1-15(31-23(29)17-6-5-13-24-14-17)21(27)25-18-11-9-16(10-12-18)22(28)26-19-7-3-4-8-20(19)30-2/h3-15H,1-2H3,(H,25,27)(H,26,28). The van der Waals surface area contributed by atoms with Gasteiger partial charge >= 0.3 is 5.97 Å². The van der Waals surface area contributed by atoms with Crippen molar-refractivity contribution in [3.8, 4) is 5.75 Å². The summed E-state index contributed by atoms with van der Waals surface area (Å²) in [5.74, 6) is -0.904. The normalized spacial score (nSPS) is 11.2. The number of methoxy groups -OCH3 is 1. The molecule has 8 nitrogen and oxygen atoms in total. The Labute approximate surface area is 179 Å². The molecule has 1 atom stereocenters. The van der Waals surface area contributed by atoms with Crippen LogP contribution in [0.4, 0.5) is 11.4 Å². The first-order chi connectivity index (χ1) is 15.0. The summed E-state index contributed by atoms with van der Waals surface area (Å²) in [5.41, 5.74) is 1.67. The van der Waals surface area contributed by atoms with Crippen molar-refractivity contribution >= 4 is 29.2 Å². The molecule has 8 heteroatoms. The Bertz CT molecular complexity index is 1070. The number of rotatable bonds is 7. The summed E-state index contributed by atoms with van der Waals surface area (Å²) in [6.07, 6.45) is 1.89. The van der Waals surface area contributed by atoms with Crippen molar-refractivity contribution in [2.45, 2.75) is 13.0 Å². The van der Waals surface area contributed by atoms with Crippen LogP contribution < -0.4 is 15.4 Å². The summed E-state index contributed by atoms with van der Waals surface area (Å²) in [5, 5.41) is 5.43. The van der Waals surface area contributed by atoms with Gasteiger partial charge in [0.1, 0.15) is 5.75 Å². The van der Waals surface area contributed by atoms with Crippen molar-refractivity contribution in [1.29, 1.82) is 0 Å². The molecular weight excluding hydrogens is 398 g/mol. The fourth-order valence-electron chi connectivity index (χ4n) is 2.66. The molecule has 2 aromatic carbocycles. The Balaban J connectivity index is 1.57. The topological polar surface area (TPSA) is 107 Å². The predicted octanol–water partition coefficient (Wildman–Crippen LogP) is 3.53. The number of carbonyl (C=O) groups is 3. The zero-order valence-corrected chi connectivity index (χ0v) is 17.0. The molecule has 2 N–H and O–H groups in total. The molecule has 3 rings (SSSR count). The van der Waals surface area contributed by atoms with Crippen LogP contribution in [0.1, 0.15) is 27.6 Å². The number of hydrogen-bond acceptors (Lipinski definition) is 6. The lowest BCUT2D eigenvalue weighted by Gasteiger charge is -2.14. The van der Waals surface area contributed by atoms with Gasteiger partial charge in [-0.2, -0.15) is 0 Å². The number of nitrogens with one attached hydrogen (secondary N) is 2. The van der Waals surface area contributed by atoms with Crippen molar-refractivity contribution in [1.82, 2.24) is 4.98 Å². The molecule has 3 aromatic rings. The Morgan fingerprint density at radius 2 is 1.65 bits per heavy atom. The Morgan fingerprint density at radius 3 is 2.32 bits per heavy atom. The van der Waals surface area contributed by atoms with Crippen LogP contribution in [0.15, 0.2) is 73.1 Å².